The first-order chi connectivity index (χ1) is 12.7. The van der Waals surface area contributed by atoms with Crippen LogP contribution in [-0.4, -0.2) is 36.7 Å². The monoisotopic (exact) mass is 377 g/mol. The molecule has 2 aromatic rings. The molecular formula is C20H25F2N3O2. The summed E-state index contributed by atoms with van der Waals surface area (Å²) in [5.74, 6) is -1.62. The SMILES string of the molecule is COCC(C)(CNc1cc(F)cc(F)c1)C(C)(C)NC(=O)c1ccccn1. The van der Waals surface area contributed by atoms with Gasteiger partial charge in [-0.3, -0.25) is 9.78 Å². The van der Waals surface area contributed by atoms with Crippen molar-refractivity contribution in [1.29, 1.82) is 0 Å². The molecule has 27 heavy (non-hydrogen) atoms. The van der Waals surface area contributed by atoms with Gasteiger partial charge in [0.05, 0.1) is 6.61 Å². The van der Waals surface area contributed by atoms with Gasteiger partial charge in [0.1, 0.15) is 17.3 Å². The van der Waals surface area contributed by atoms with Crippen LogP contribution in [-0.2, 0) is 4.74 Å². The zero-order chi connectivity index (χ0) is 20.1. The van der Waals surface area contributed by atoms with Crippen molar-refractivity contribution in [2.45, 2.75) is 26.3 Å². The smallest absolute Gasteiger partial charge is 0.270 e. The number of amides is 1. The Morgan fingerprint density at radius 1 is 1.15 bits per heavy atom. The van der Waals surface area contributed by atoms with Crippen LogP contribution in [0, 0.1) is 17.0 Å². The first kappa shape index (κ1) is 20.8. The highest BCUT2D eigenvalue weighted by atomic mass is 19.1. The zero-order valence-corrected chi connectivity index (χ0v) is 16.0. The van der Waals surface area contributed by atoms with Gasteiger partial charge >= 0.3 is 0 Å². The first-order valence-electron chi connectivity index (χ1n) is 8.59. The van der Waals surface area contributed by atoms with E-state index in [0.29, 0.717) is 24.5 Å². The number of nitrogens with zero attached hydrogens (tertiary/aromatic N) is 1. The van der Waals surface area contributed by atoms with Crippen molar-refractivity contribution in [3.8, 4) is 0 Å². The van der Waals surface area contributed by atoms with Crippen molar-refractivity contribution in [2.24, 2.45) is 5.41 Å². The van der Waals surface area contributed by atoms with E-state index in [2.05, 4.69) is 15.6 Å². The molecule has 5 nitrogen and oxygen atoms in total. The summed E-state index contributed by atoms with van der Waals surface area (Å²) in [5, 5.41) is 6.03. The van der Waals surface area contributed by atoms with Gasteiger partial charge in [-0.2, -0.15) is 0 Å². The van der Waals surface area contributed by atoms with E-state index in [1.165, 1.54) is 12.1 Å². The Morgan fingerprint density at radius 3 is 2.37 bits per heavy atom. The zero-order valence-electron chi connectivity index (χ0n) is 16.0. The summed E-state index contributed by atoms with van der Waals surface area (Å²) in [6, 6.07) is 8.36. The molecule has 1 atom stereocenters. The fourth-order valence-electron chi connectivity index (χ4n) is 2.72. The third-order valence-electron chi connectivity index (χ3n) is 4.84. The van der Waals surface area contributed by atoms with Crippen molar-refractivity contribution < 1.29 is 18.3 Å². The third-order valence-corrected chi connectivity index (χ3v) is 4.84. The van der Waals surface area contributed by atoms with Crippen molar-refractivity contribution in [2.75, 3.05) is 25.6 Å². The molecule has 0 radical (unpaired) electrons. The topological polar surface area (TPSA) is 63.2 Å². The lowest BCUT2D eigenvalue weighted by molar-refractivity contribution is 0.0326. The predicted molar refractivity (Wildman–Crippen MR) is 101 cm³/mol. The van der Waals surface area contributed by atoms with Gasteiger partial charge in [0.25, 0.3) is 5.91 Å². The van der Waals surface area contributed by atoms with Gasteiger partial charge < -0.3 is 15.4 Å². The van der Waals surface area contributed by atoms with E-state index in [4.69, 9.17) is 4.74 Å². The molecule has 0 spiro atoms. The van der Waals surface area contributed by atoms with Gasteiger partial charge in [-0.05, 0) is 38.1 Å². The number of carbonyl (C=O) groups excluding carboxylic acids is 1. The van der Waals surface area contributed by atoms with Crippen LogP contribution in [0.4, 0.5) is 14.5 Å². The minimum absolute atomic E-state index is 0.306. The molecular weight excluding hydrogens is 352 g/mol. The maximum absolute atomic E-state index is 13.4. The number of hydrogen-bond donors (Lipinski definition) is 2. The Hall–Kier alpha value is -2.54. The Balaban J connectivity index is 2.17. The summed E-state index contributed by atoms with van der Waals surface area (Å²) in [6.45, 7) is 6.31. The largest absolute Gasteiger partial charge is 0.384 e. The number of pyridine rings is 1. The van der Waals surface area contributed by atoms with E-state index in [9.17, 15) is 13.6 Å². The summed E-state index contributed by atoms with van der Waals surface area (Å²) in [4.78, 5) is 16.6. The minimum Gasteiger partial charge on any atom is -0.384 e. The van der Waals surface area contributed by atoms with Crippen LogP contribution in [0.25, 0.3) is 0 Å². The van der Waals surface area contributed by atoms with E-state index >= 15 is 0 Å². The summed E-state index contributed by atoms with van der Waals surface area (Å²) < 4.78 is 32.2. The summed E-state index contributed by atoms with van der Waals surface area (Å²) in [5.41, 5.74) is -0.668. The Morgan fingerprint density at radius 2 is 1.81 bits per heavy atom. The molecule has 2 N–H and O–H groups in total. The summed E-state index contributed by atoms with van der Waals surface area (Å²) in [6.07, 6.45) is 1.55. The van der Waals surface area contributed by atoms with E-state index < -0.39 is 22.6 Å². The molecule has 0 aliphatic heterocycles. The van der Waals surface area contributed by atoms with Crippen molar-refractivity contribution in [3.63, 3.8) is 0 Å². The lowest BCUT2D eigenvalue weighted by Gasteiger charge is -2.44. The molecule has 146 valence electrons. The molecule has 0 saturated carbocycles. The van der Waals surface area contributed by atoms with Gasteiger partial charge in [0.2, 0.25) is 0 Å². The number of halogens is 2. The highest BCUT2D eigenvalue weighted by molar-refractivity contribution is 5.92. The average Bonchev–Trinajstić information content (AvgIpc) is 2.60. The van der Waals surface area contributed by atoms with E-state index in [1.807, 2.05) is 20.8 Å². The summed E-state index contributed by atoms with van der Waals surface area (Å²) in [7, 11) is 1.57. The quantitative estimate of drug-likeness (QED) is 0.737. The van der Waals surface area contributed by atoms with E-state index in [0.717, 1.165) is 6.07 Å². The molecule has 0 fully saturated rings. The van der Waals surface area contributed by atoms with Gasteiger partial charge in [-0.15, -0.1) is 0 Å². The van der Waals surface area contributed by atoms with Crippen molar-refractivity contribution in [1.82, 2.24) is 10.3 Å². The number of carbonyl (C=O) groups is 1. The van der Waals surface area contributed by atoms with Gasteiger partial charge in [0, 0.05) is 42.6 Å². The fourth-order valence-corrected chi connectivity index (χ4v) is 2.72. The second-order valence-electron chi connectivity index (χ2n) is 7.30. The van der Waals surface area contributed by atoms with Crippen LogP contribution in [0.15, 0.2) is 42.6 Å². The maximum Gasteiger partial charge on any atom is 0.270 e. The second kappa shape index (κ2) is 8.43. The molecule has 0 aliphatic rings. The number of aromatic nitrogens is 1. The van der Waals surface area contributed by atoms with Crippen LogP contribution in [0.5, 0.6) is 0 Å². The molecule has 1 amide bonds. The third kappa shape index (κ3) is 5.23. The van der Waals surface area contributed by atoms with Crippen LogP contribution in [0.3, 0.4) is 0 Å². The standard InChI is InChI=1S/C20H25F2N3O2/c1-19(2,25-18(26)17-7-5-6-8-23-17)20(3,13-27-4)12-24-16-10-14(21)9-15(22)11-16/h5-11,24H,12-13H2,1-4H3,(H,25,26). The Bertz CT molecular complexity index is 764. The second-order valence-corrected chi connectivity index (χ2v) is 7.30. The number of hydrogen-bond acceptors (Lipinski definition) is 4. The highest BCUT2D eigenvalue weighted by Crippen LogP contribution is 2.32. The lowest BCUT2D eigenvalue weighted by Crippen LogP contribution is -2.59. The highest BCUT2D eigenvalue weighted by Gasteiger charge is 2.42. The first-order valence-corrected chi connectivity index (χ1v) is 8.59. The molecule has 1 unspecified atom stereocenters. The van der Waals surface area contributed by atoms with Crippen LogP contribution >= 0.6 is 0 Å². The number of anilines is 1. The van der Waals surface area contributed by atoms with Gasteiger partial charge in [0.15, 0.2) is 0 Å². The molecule has 0 saturated heterocycles. The predicted octanol–water partition coefficient (Wildman–Crippen LogP) is 3.63. The number of nitrogens with one attached hydrogen (secondary N) is 2. The van der Waals surface area contributed by atoms with Gasteiger partial charge in [-0.25, -0.2) is 8.78 Å². The molecule has 0 aliphatic carbocycles. The minimum atomic E-state index is -0.712. The number of benzene rings is 1. The number of rotatable bonds is 8. The van der Waals surface area contributed by atoms with E-state index in [1.54, 1.807) is 31.5 Å². The average molecular weight is 377 g/mol. The summed E-state index contributed by atoms with van der Waals surface area (Å²) >= 11 is 0. The number of ether oxygens (including phenoxy) is 1. The van der Waals surface area contributed by atoms with Crippen molar-refractivity contribution >= 4 is 11.6 Å². The number of methoxy groups -OCH3 is 1. The molecule has 7 heteroatoms. The normalized spacial score (nSPS) is 13.7. The van der Waals surface area contributed by atoms with Crippen LogP contribution in [0.2, 0.25) is 0 Å². The van der Waals surface area contributed by atoms with Crippen LogP contribution < -0.4 is 10.6 Å². The van der Waals surface area contributed by atoms with Crippen molar-refractivity contribution in [3.05, 3.63) is 59.9 Å². The molecule has 2 rings (SSSR count). The lowest BCUT2D eigenvalue weighted by atomic mass is 9.73. The van der Waals surface area contributed by atoms with Gasteiger partial charge in [-0.1, -0.05) is 13.0 Å². The Labute approximate surface area is 158 Å². The fraction of sp³-hybridized carbons (Fsp3) is 0.400. The molecule has 1 aromatic carbocycles. The molecule has 1 heterocycles. The van der Waals surface area contributed by atoms with Crippen LogP contribution in [0.1, 0.15) is 31.3 Å². The van der Waals surface area contributed by atoms with E-state index in [-0.39, 0.29) is 5.91 Å². The molecule has 1 aromatic heterocycles. The maximum atomic E-state index is 13.4. The Kier molecular flexibility index (Phi) is 6.49. The molecule has 0 bridgehead atoms.